The molecule has 12 heteroatoms. The van der Waals surface area contributed by atoms with Crippen LogP contribution in [0.4, 0.5) is 0 Å². The molecule has 1 saturated heterocycles. The number of carbonyl (C=O) groups excluding carboxylic acids is 4. The lowest BCUT2D eigenvalue weighted by atomic mass is 9.84. The second kappa shape index (κ2) is 14.4. The number of carbonyl (C=O) groups is 4. The molecule has 2 aromatic rings. The lowest BCUT2D eigenvalue weighted by Crippen LogP contribution is -2.58. The van der Waals surface area contributed by atoms with Crippen LogP contribution in [0.3, 0.4) is 0 Å². The Labute approximate surface area is 257 Å². The Morgan fingerprint density at radius 1 is 1.14 bits per heavy atom. The first kappa shape index (κ1) is 32.5. The maximum Gasteiger partial charge on any atom is 0.273 e. The van der Waals surface area contributed by atoms with Crippen molar-refractivity contribution < 1.29 is 24.4 Å². The van der Waals surface area contributed by atoms with Crippen molar-refractivity contribution in [1.29, 1.82) is 0 Å². The molecule has 0 spiro atoms. The van der Waals surface area contributed by atoms with E-state index >= 15 is 0 Å². The Kier molecular flexibility index (Phi) is 10.9. The van der Waals surface area contributed by atoms with Gasteiger partial charge in [0.15, 0.2) is 0 Å². The van der Waals surface area contributed by atoms with Crippen molar-refractivity contribution in [3.63, 3.8) is 0 Å². The highest BCUT2D eigenvalue weighted by Gasteiger charge is 2.39. The van der Waals surface area contributed by atoms with E-state index in [1.807, 2.05) is 32.9 Å². The maximum atomic E-state index is 13.8. The Balaban J connectivity index is 1.37. The molecule has 2 fully saturated rings. The van der Waals surface area contributed by atoms with Gasteiger partial charge in [-0.15, -0.1) is 11.3 Å². The predicted octanol–water partition coefficient (Wildman–Crippen LogP) is 3.84. The van der Waals surface area contributed by atoms with Crippen LogP contribution in [-0.4, -0.2) is 92.9 Å². The van der Waals surface area contributed by atoms with Crippen LogP contribution in [0.5, 0.6) is 0 Å². The second-order valence-corrected chi connectivity index (χ2v) is 13.7. The molecule has 3 heterocycles. The van der Waals surface area contributed by atoms with E-state index in [4.69, 9.17) is 0 Å². The molecule has 2 atom stereocenters. The number of likely N-dealkylation sites (tertiary alicyclic amines) is 1. The molecule has 11 nitrogen and oxygen atoms in total. The number of hydroxylamine groups is 2. The fourth-order valence-electron chi connectivity index (χ4n) is 6.09. The summed E-state index contributed by atoms with van der Waals surface area (Å²) in [5.74, 6) is -0.889. The predicted molar refractivity (Wildman–Crippen MR) is 163 cm³/mol. The van der Waals surface area contributed by atoms with E-state index in [0.717, 1.165) is 36.3 Å². The molecule has 1 aliphatic heterocycles. The second-order valence-electron chi connectivity index (χ2n) is 12.9. The van der Waals surface area contributed by atoms with Gasteiger partial charge in [-0.2, -0.15) is 0 Å². The monoisotopic (exact) mass is 612 g/mol. The Morgan fingerprint density at radius 3 is 2.40 bits per heavy atom. The fraction of sp³-hybridized carbons (Fsp3) is 0.613. The van der Waals surface area contributed by atoms with Crippen LogP contribution in [0.1, 0.15) is 76.2 Å². The molecule has 4 amide bonds. The number of amides is 4. The van der Waals surface area contributed by atoms with Crippen molar-refractivity contribution in [3.8, 4) is 10.6 Å². The highest BCUT2D eigenvalue weighted by molar-refractivity contribution is 7.13. The number of likely N-dealkylation sites (N-methyl/N-ethyl adjacent to an activating group) is 1. The van der Waals surface area contributed by atoms with E-state index in [2.05, 4.69) is 15.3 Å². The van der Waals surface area contributed by atoms with E-state index < -0.39 is 17.4 Å². The molecule has 2 aliphatic rings. The molecule has 1 aliphatic carbocycles. The van der Waals surface area contributed by atoms with E-state index in [1.165, 1.54) is 11.3 Å². The molecule has 0 aromatic carbocycles. The topological polar surface area (TPSA) is 136 Å². The molecule has 0 unspecified atom stereocenters. The van der Waals surface area contributed by atoms with E-state index in [1.54, 1.807) is 34.6 Å². The average Bonchev–Trinajstić information content (AvgIpc) is 3.71. The Hall–Kier alpha value is -3.38. The summed E-state index contributed by atoms with van der Waals surface area (Å²) in [4.78, 5) is 63.7. The van der Waals surface area contributed by atoms with Gasteiger partial charge in [0.05, 0.1) is 12.5 Å². The molecule has 4 rings (SSSR count). The number of nitrogens with zero attached hydrogens (tertiary/aromatic N) is 5. The van der Waals surface area contributed by atoms with Crippen LogP contribution in [0.2, 0.25) is 0 Å². The normalized spacial score (nSPS) is 17.7. The molecule has 2 N–H and O–H groups in total. The van der Waals surface area contributed by atoms with Crippen molar-refractivity contribution in [2.24, 2.45) is 17.3 Å². The van der Waals surface area contributed by atoms with Crippen molar-refractivity contribution in [2.45, 2.75) is 77.8 Å². The summed E-state index contributed by atoms with van der Waals surface area (Å²) < 4.78 is 0. The van der Waals surface area contributed by atoms with Gasteiger partial charge in [-0.25, -0.2) is 10.0 Å². The number of rotatable bonds is 11. The van der Waals surface area contributed by atoms with Gasteiger partial charge in [-0.3, -0.25) is 29.4 Å². The van der Waals surface area contributed by atoms with Crippen molar-refractivity contribution in [1.82, 2.24) is 30.1 Å². The van der Waals surface area contributed by atoms with Gasteiger partial charge < -0.3 is 15.1 Å². The van der Waals surface area contributed by atoms with Gasteiger partial charge in [0, 0.05) is 49.5 Å². The van der Waals surface area contributed by atoms with Crippen LogP contribution < -0.4 is 5.32 Å². The van der Waals surface area contributed by atoms with Gasteiger partial charge >= 0.3 is 0 Å². The van der Waals surface area contributed by atoms with Crippen LogP contribution in [0.25, 0.3) is 10.6 Å². The van der Waals surface area contributed by atoms with Crippen LogP contribution in [0, 0.1) is 17.3 Å². The highest BCUT2D eigenvalue weighted by atomic mass is 32.1. The minimum absolute atomic E-state index is 0.0848. The number of pyridine rings is 1. The smallest absolute Gasteiger partial charge is 0.273 e. The zero-order valence-electron chi connectivity index (χ0n) is 25.6. The molecule has 0 radical (unpaired) electrons. The average molecular weight is 613 g/mol. The minimum atomic E-state index is -0.791. The molecule has 234 valence electrons. The minimum Gasteiger partial charge on any atom is -0.344 e. The summed E-state index contributed by atoms with van der Waals surface area (Å²) in [6.45, 7) is 6.62. The summed E-state index contributed by atoms with van der Waals surface area (Å²) in [5, 5.41) is 15.9. The van der Waals surface area contributed by atoms with Gasteiger partial charge in [0.2, 0.25) is 18.2 Å². The lowest BCUT2D eigenvalue weighted by molar-refractivity contribution is -0.156. The molecule has 1 saturated carbocycles. The van der Waals surface area contributed by atoms with Gasteiger partial charge in [-0.05, 0) is 42.7 Å². The number of piperidine rings is 1. The van der Waals surface area contributed by atoms with Gasteiger partial charge in [-0.1, -0.05) is 46.5 Å². The first-order valence-electron chi connectivity index (χ1n) is 15.1. The Bertz CT molecular complexity index is 1250. The van der Waals surface area contributed by atoms with Crippen molar-refractivity contribution >= 4 is 35.5 Å². The van der Waals surface area contributed by atoms with E-state index in [0.29, 0.717) is 55.4 Å². The molecular weight excluding hydrogens is 568 g/mol. The van der Waals surface area contributed by atoms with Crippen LogP contribution in [0.15, 0.2) is 29.9 Å². The quantitative estimate of drug-likeness (QED) is 0.224. The summed E-state index contributed by atoms with van der Waals surface area (Å²) in [5.41, 5.74) is 0.759. The summed E-state index contributed by atoms with van der Waals surface area (Å²) in [6, 6.07) is 2.85. The first-order chi connectivity index (χ1) is 20.5. The number of thiazole rings is 1. The third-order valence-electron chi connectivity index (χ3n) is 8.69. The zero-order chi connectivity index (χ0) is 31.1. The number of nitrogens with one attached hydrogen (secondary N) is 1. The SMILES string of the molecule is CN(C(=O)[C@@H](NC(=O)[C@H](CC1CCCC1)CN(O)C=O)C(C)(C)C)C1CCN(C(=O)c2csc(-c3ccncc3)n2)CC1. The van der Waals surface area contributed by atoms with E-state index in [-0.39, 0.29) is 30.3 Å². The highest BCUT2D eigenvalue weighted by Crippen LogP contribution is 2.32. The first-order valence-corrected chi connectivity index (χ1v) is 16.0. The molecular formula is C31H44N6O5S. The fourth-order valence-corrected chi connectivity index (χ4v) is 6.89. The van der Waals surface area contributed by atoms with Gasteiger partial charge in [0.1, 0.15) is 16.7 Å². The molecule has 43 heavy (non-hydrogen) atoms. The summed E-state index contributed by atoms with van der Waals surface area (Å²) in [6.07, 6.45) is 9.77. The van der Waals surface area contributed by atoms with Gasteiger partial charge in [0.25, 0.3) is 5.91 Å². The van der Waals surface area contributed by atoms with Crippen molar-refractivity contribution in [2.75, 3.05) is 26.7 Å². The number of hydrogen-bond acceptors (Lipinski definition) is 8. The maximum absolute atomic E-state index is 13.8. The number of hydrogen-bond donors (Lipinski definition) is 2. The third kappa shape index (κ3) is 8.38. The summed E-state index contributed by atoms with van der Waals surface area (Å²) in [7, 11) is 1.76. The lowest BCUT2D eigenvalue weighted by Gasteiger charge is -2.40. The zero-order valence-corrected chi connectivity index (χ0v) is 26.4. The molecule has 0 bridgehead atoms. The summed E-state index contributed by atoms with van der Waals surface area (Å²) >= 11 is 1.42. The Morgan fingerprint density at radius 2 is 1.79 bits per heavy atom. The third-order valence-corrected chi connectivity index (χ3v) is 9.58. The van der Waals surface area contributed by atoms with Crippen LogP contribution in [-0.2, 0) is 14.4 Å². The van der Waals surface area contributed by atoms with E-state index in [9.17, 15) is 24.4 Å². The van der Waals surface area contributed by atoms with Crippen molar-refractivity contribution in [3.05, 3.63) is 35.6 Å². The number of aromatic nitrogens is 2. The van der Waals surface area contributed by atoms with Crippen LogP contribution >= 0.6 is 11.3 Å². The standard InChI is InChI=1S/C31H44N6O5S/c1-31(2,3)26(34-27(39)23(18-37(42)20-38)17-21-7-5-6-8-21)30(41)35(4)24-11-15-36(16-12-24)29(40)25-19-43-28(33-25)22-9-13-32-14-10-22/h9-10,13-14,19-21,23-24,26,42H,5-8,11-12,15-18H2,1-4H3,(H,34,39)/t23-,26-/m1/s1. The molecule has 2 aromatic heterocycles. The largest absolute Gasteiger partial charge is 0.344 e.